The van der Waals surface area contributed by atoms with E-state index in [9.17, 15) is 27.6 Å². The molecule has 8 rings (SSSR count). The number of carbonyl (C=O) groups is 3. The number of imide groups is 1. The quantitative estimate of drug-likeness (QED) is 0.147. The third kappa shape index (κ3) is 8.35. The standard InChI is InChI=1S/C44H49FN6O8S/c1-44(2,17-21-49-19-15-29(16-20-49)30-10-12-34-36(23-30)48(3)43(55)51(34)35-13-14-38(52)46-42(35)54)18-22-58-32-11-9-31-24-37(59-27-28-7-5-4-6-8-28)41(40(45)33(31)25-32)50-26-39(53)47-60(50,56)57/h4-12,23-25,29,35H,13-22,26-27H2,1-3H3,(H,47,53)(H,46,52,54). The Morgan fingerprint density at radius 2 is 1.63 bits per heavy atom. The fourth-order valence-electron chi connectivity index (χ4n) is 8.50. The molecular formula is C44H49FN6O8S. The van der Waals surface area contributed by atoms with Gasteiger partial charge in [0.05, 0.1) is 17.6 Å². The molecule has 3 saturated heterocycles. The number of piperidine rings is 2. The number of fused-ring (bicyclic) bond motifs is 2. The van der Waals surface area contributed by atoms with Crippen LogP contribution in [0.3, 0.4) is 0 Å². The zero-order valence-electron chi connectivity index (χ0n) is 33.9. The molecule has 0 bridgehead atoms. The number of benzene rings is 4. The SMILES string of the molecule is Cn1c(=O)n(C2CCC(=O)NC2=O)c2ccc(C3CCN(CCC(C)(C)CCOc4ccc5cc(OCc6ccccc6)c(N6CC(=O)NS6(=O)=O)c(F)c5c4)CC3)cc21. The largest absolute Gasteiger partial charge is 0.494 e. The number of hydrogen-bond donors (Lipinski definition) is 2. The normalized spacial score (nSPS) is 18.9. The van der Waals surface area contributed by atoms with Crippen LogP contribution in [-0.2, 0) is 38.2 Å². The van der Waals surface area contributed by atoms with E-state index in [0.717, 1.165) is 56.4 Å². The lowest BCUT2D eigenvalue weighted by Gasteiger charge is -2.35. The molecule has 1 aromatic heterocycles. The Morgan fingerprint density at radius 3 is 2.35 bits per heavy atom. The van der Waals surface area contributed by atoms with Crippen LogP contribution in [0.25, 0.3) is 21.8 Å². The first-order chi connectivity index (χ1) is 28.7. The number of anilines is 1. The Bertz CT molecular complexity index is 2650. The summed E-state index contributed by atoms with van der Waals surface area (Å²) in [4.78, 5) is 52.2. The average molecular weight is 841 g/mol. The van der Waals surface area contributed by atoms with Crippen molar-refractivity contribution in [3.63, 3.8) is 0 Å². The van der Waals surface area contributed by atoms with Gasteiger partial charge in [0.2, 0.25) is 11.8 Å². The van der Waals surface area contributed by atoms with Crippen LogP contribution in [0.5, 0.6) is 11.5 Å². The van der Waals surface area contributed by atoms with Crippen LogP contribution in [0.15, 0.2) is 77.6 Å². The zero-order valence-corrected chi connectivity index (χ0v) is 34.7. The van der Waals surface area contributed by atoms with Gasteiger partial charge in [0, 0.05) is 18.9 Å². The van der Waals surface area contributed by atoms with E-state index in [1.165, 1.54) is 10.1 Å². The minimum Gasteiger partial charge on any atom is -0.494 e. The van der Waals surface area contributed by atoms with Crippen LogP contribution >= 0.6 is 0 Å². The van der Waals surface area contributed by atoms with Gasteiger partial charge in [0.15, 0.2) is 5.82 Å². The van der Waals surface area contributed by atoms with E-state index >= 15 is 4.39 Å². The zero-order chi connectivity index (χ0) is 42.3. The molecule has 5 aromatic rings. The highest BCUT2D eigenvalue weighted by atomic mass is 32.2. The van der Waals surface area contributed by atoms with Crippen LogP contribution < -0.4 is 29.5 Å². The number of carbonyl (C=O) groups excluding carboxylic acids is 3. The van der Waals surface area contributed by atoms with Gasteiger partial charge in [0.25, 0.3) is 5.91 Å². The Labute approximate surface area is 347 Å². The van der Waals surface area contributed by atoms with Crippen LogP contribution in [0, 0.1) is 11.2 Å². The van der Waals surface area contributed by atoms with Crippen LogP contribution in [0.1, 0.15) is 75.5 Å². The Hall–Kier alpha value is -5.74. The summed E-state index contributed by atoms with van der Waals surface area (Å²) in [5.74, 6) is -1.58. The molecule has 1 atom stereocenters. The van der Waals surface area contributed by atoms with Crippen molar-refractivity contribution in [1.29, 1.82) is 0 Å². The Kier molecular flexibility index (Phi) is 11.2. The van der Waals surface area contributed by atoms with Crippen molar-refractivity contribution in [3.8, 4) is 11.5 Å². The van der Waals surface area contributed by atoms with Crippen molar-refractivity contribution in [1.82, 2.24) is 24.1 Å². The van der Waals surface area contributed by atoms with E-state index < -0.39 is 40.4 Å². The smallest absolute Gasteiger partial charge is 0.329 e. The van der Waals surface area contributed by atoms with Crippen LogP contribution in [0.4, 0.5) is 10.1 Å². The highest BCUT2D eigenvalue weighted by molar-refractivity contribution is 7.92. The number of rotatable bonds is 13. The molecule has 0 aliphatic carbocycles. The first kappa shape index (κ1) is 41.0. The topological polar surface area (TPSA) is 161 Å². The number of nitrogens with zero attached hydrogens (tertiary/aromatic N) is 4. The summed E-state index contributed by atoms with van der Waals surface area (Å²) >= 11 is 0. The molecule has 4 heterocycles. The number of aryl methyl sites for hydroxylation is 1. The first-order valence-corrected chi connectivity index (χ1v) is 21.8. The van der Waals surface area contributed by atoms with Crippen molar-refractivity contribution in [3.05, 3.63) is 100 Å². The summed E-state index contributed by atoms with van der Waals surface area (Å²) in [7, 11) is -2.60. The Balaban J connectivity index is 0.870. The molecule has 316 valence electrons. The van der Waals surface area contributed by atoms with Crippen LogP contribution in [0.2, 0.25) is 0 Å². The molecule has 0 spiro atoms. The van der Waals surface area contributed by atoms with E-state index in [-0.39, 0.29) is 46.9 Å². The highest BCUT2D eigenvalue weighted by Gasteiger charge is 2.38. The maximum absolute atomic E-state index is 16.4. The van der Waals surface area contributed by atoms with Crippen molar-refractivity contribution in [2.45, 2.75) is 70.9 Å². The number of halogens is 1. The molecule has 60 heavy (non-hydrogen) atoms. The fourth-order valence-corrected chi connectivity index (χ4v) is 9.66. The number of likely N-dealkylation sites (tertiary alicyclic amines) is 1. The summed E-state index contributed by atoms with van der Waals surface area (Å²) in [6.07, 6.45) is 4.15. The second-order valence-corrected chi connectivity index (χ2v) is 18.4. The van der Waals surface area contributed by atoms with Gasteiger partial charge in [0.1, 0.15) is 36.4 Å². The van der Waals surface area contributed by atoms with E-state index in [0.29, 0.717) is 39.9 Å². The third-order valence-corrected chi connectivity index (χ3v) is 13.5. The molecule has 1 unspecified atom stereocenters. The maximum atomic E-state index is 16.4. The summed E-state index contributed by atoms with van der Waals surface area (Å²) < 4.78 is 60.0. The predicted octanol–water partition coefficient (Wildman–Crippen LogP) is 5.43. The predicted molar refractivity (Wildman–Crippen MR) is 225 cm³/mol. The summed E-state index contributed by atoms with van der Waals surface area (Å²) in [5, 5.41) is 2.99. The van der Waals surface area contributed by atoms with Gasteiger partial charge >= 0.3 is 15.9 Å². The van der Waals surface area contributed by atoms with Gasteiger partial charge < -0.3 is 14.4 Å². The minimum absolute atomic E-state index is 0.00239. The molecule has 3 aliphatic rings. The van der Waals surface area contributed by atoms with Crippen molar-refractivity contribution in [2.75, 3.05) is 37.1 Å². The molecule has 16 heteroatoms. The van der Waals surface area contributed by atoms with E-state index in [1.54, 1.807) is 35.9 Å². The second kappa shape index (κ2) is 16.4. The summed E-state index contributed by atoms with van der Waals surface area (Å²) in [5.41, 5.74) is 2.79. The maximum Gasteiger partial charge on any atom is 0.329 e. The molecule has 3 aliphatic heterocycles. The van der Waals surface area contributed by atoms with E-state index in [2.05, 4.69) is 36.2 Å². The lowest BCUT2D eigenvalue weighted by atomic mass is 9.85. The molecule has 14 nitrogen and oxygen atoms in total. The summed E-state index contributed by atoms with van der Waals surface area (Å²) in [6, 6.07) is 21.2. The minimum atomic E-state index is -4.32. The second-order valence-electron chi connectivity index (χ2n) is 16.8. The van der Waals surface area contributed by atoms with Gasteiger partial charge in [-0.25, -0.2) is 18.2 Å². The highest BCUT2D eigenvalue weighted by Crippen LogP contribution is 2.41. The number of ether oxygens (including phenoxy) is 2. The van der Waals surface area contributed by atoms with Crippen molar-refractivity contribution >= 4 is 55.4 Å². The van der Waals surface area contributed by atoms with E-state index in [4.69, 9.17) is 9.47 Å². The number of amides is 3. The molecule has 0 radical (unpaired) electrons. The van der Waals surface area contributed by atoms with Gasteiger partial charge in [-0.3, -0.25) is 28.8 Å². The van der Waals surface area contributed by atoms with Crippen LogP contribution in [-0.4, -0.2) is 73.0 Å². The third-order valence-electron chi connectivity index (χ3n) is 12.1. The molecular weight excluding hydrogens is 792 g/mol. The number of nitrogens with one attached hydrogen (secondary N) is 2. The fraction of sp³-hybridized carbons (Fsp3) is 0.409. The lowest BCUT2D eigenvalue weighted by Crippen LogP contribution is -2.44. The van der Waals surface area contributed by atoms with Crippen molar-refractivity contribution < 1.29 is 36.7 Å². The van der Waals surface area contributed by atoms with E-state index in [1.807, 2.05) is 41.1 Å². The molecule has 3 amide bonds. The van der Waals surface area contributed by atoms with Gasteiger partial charge in [-0.05, 0) is 110 Å². The Morgan fingerprint density at radius 1 is 0.867 bits per heavy atom. The number of imidazole rings is 1. The molecule has 0 saturated carbocycles. The summed E-state index contributed by atoms with van der Waals surface area (Å²) in [6.45, 7) is 7.12. The molecule has 2 N–H and O–H groups in total. The molecule has 4 aromatic carbocycles. The van der Waals surface area contributed by atoms with Crippen molar-refractivity contribution in [2.24, 2.45) is 12.5 Å². The number of aromatic nitrogens is 2. The molecule has 3 fully saturated rings. The average Bonchev–Trinajstić information content (AvgIpc) is 3.64. The van der Waals surface area contributed by atoms with Gasteiger partial charge in [-0.15, -0.1) is 0 Å². The lowest BCUT2D eigenvalue weighted by molar-refractivity contribution is -0.135. The van der Waals surface area contributed by atoms with Gasteiger partial charge in [-0.2, -0.15) is 8.42 Å². The first-order valence-electron chi connectivity index (χ1n) is 20.3. The number of hydrogen-bond acceptors (Lipinski definition) is 9. The monoisotopic (exact) mass is 840 g/mol. The van der Waals surface area contributed by atoms with Gasteiger partial charge in [-0.1, -0.05) is 56.3 Å².